The smallest absolute Gasteiger partial charge is 0.323 e. The molecule has 32 heavy (non-hydrogen) atoms. The summed E-state index contributed by atoms with van der Waals surface area (Å²) in [5, 5.41) is 2.80. The van der Waals surface area contributed by atoms with Crippen molar-refractivity contribution in [1.29, 1.82) is 0 Å². The van der Waals surface area contributed by atoms with Crippen LogP contribution in [0.4, 0.5) is 10.6 Å². The van der Waals surface area contributed by atoms with Crippen LogP contribution in [-0.2, 0) is 11.3 Å². The molecule has 1 N–H and O–H groups in total. The van der Waals surface area contributed by atoms with Crippen LogP contribution >= 0.6 is 11.8 Å². The van der Waals surface area contributed by atoms with Gasteiger partial charge in [0, 0.05) is 41.2 Å². The van der Waals surface area contributed by atoms with Crippen LogP contribution in [0.3, 0.4) is 0 Å². The number of amides is 3. The van der Waals surface area contributed by atoms with E-state index in [1.807, 2.05) is 32.2 Å². The first-order valence-electron chi connectivity index (χ1n) is 10.7. The minimum absolute atomic E-state index is 0.0738. The fourth-order valence-electron chi connectivity index (χ4n) is 3.25. The van der Waals surface area contributed by atoms with Crippen molar-refractivity contribution in [3.8, 4) is 0 Å². The summed E-state index contributed by atoms with van der Waals surface area (Å²) in [6, 6.07) is 10.1. The van der Waals surface area contributed by atoms with E-state index < -0.39 is 0 Å². The number of anilines is 1. The average molecular weight is 451 g/mol. The van der Waals surface area contributed by atoms with Gasteiger partial charge in [0.2, 0.25) is 5.91 Å². The van der Waals surface area contributed by atoms with Crippen LogP contribution < -0.4 is 5.32 Å². The summed E-state index contributed by atoms with van der Waals surface area (Å²) in [6.45, 7) is 9.87. The van der Waals surface area contributed by atoms with Gasteiger partial charge in [-0.3, -0.25) is 10.1 Å². The van der Waals surface area contributed by atoms with Crippen molar-refractivity contribution >= 4 is 35.6 Å². The number of hydrogen-bond acceptors (Lipinski definition) is 4. The summed E-state index contributed by atoms with van der Waals surface area (Å²) in [7, 11) is 1.81. The first-order valence-corrected chi connectivity index (χ1v) is 11.5. The second-order valence-corrected chi connectivity index (χ2v) is 9.18. The Balaban J connectivity index is 1.67. The molecule has 0 aliphatic carbocycles. The van der Waals surface area contributed by atoms with Gasteiger partial charge in [-0.15, -0.1) is 0 Å². The Morgan fingerprint density at radius 2 is 2.06 bits per heavy atom. The van der Waals surface area contributed by atoms with Crippen molar-refractivity contribution in [3.63, 3.8) is 0 Å². The number of urea groups is 1. The van der Waals surface area contributed by atoms with Gasteiger partial charge in [0.05, 0.1) is 13.1 Å². The van der Waals surface area contributed by atoms with Crippen LogP contribution in [0.15, 0.2) is 58.0 Å². The third-order valence-electron chi connectivity index (χ3n) is 5.30. The highest BCUT2D eigenvalue weighted by Crippen LogP contribution is 2.31. The first-order chi connectivity index (χ1) is 15.3. The Bertz CT molecular complexity index is 1070. The number of carbonyl (C=O) groups excluding carboxylic acids is 2. The Morgan fingerprint density at radius 1 is 1.31 bits per heavy atom. The monoisotopic (exact) mass is 450 g/mol. The molecule has 0 unspecified atom stereocenters. The molecule has 0 atom stereocenters. The molecule has 2 aromatic rings. The largest absolute Gasteiger partial charge is 0.337 e. The number of nitrogens with one attached hydrogen (secondary N) is 1. The molecule has 0 bridgehead atoms. The maximum absolute atomic E-state index is 12.7. The standard InChI is InChI=1S/C25H30N4O2S/c1-6-29-15-20-13-19(14-26-24(20)27-25(29)31)11-12-23(30)28(5)16-22(17(2)3)32-21-10-8-7-9-18(21)4/h7-14H,6,15-16H2,1-5H3,(H,26,27,31)/b12-11+. The minimum Gasteiger partial charge on any atom is -0.337 e. The lowest BCUT2D eigenvalue weighted by Gasteiger charge is -2.27. The van der Waals surface area contributed by atoms with Crippen molar-refractivity contribution in [2.24, 2.45) is 0 Å². The van der Waals surface area contributed by atoms with Gasteiger partial charge in [0.15, 0.2) is 0 Å². The maximum atomic E-state index is 12.7. The molecule has 1 aromatic heterocycles. The second-order valence-electron chi connectivity index (χ2n) is 8.04. The van der Waals surface area contributed by atoms with E-state index in [0.29, 0.717) is 25.5 Å². The molecule has 0 saturated carbocycles. The van der Waals surface area contributed by atoms with E-state index in [0.717, 1.165) is 16.0 Å². The summed E-state index contributed by atoms with van der Waals surface area (Å²) < 4.78 is 0. The number of hydrogen-bond donors (Lipinski definition) is 1. The van der Waals surface area contributed by atoms with Gasteiger partial charge in [-0.05, 0) is 57.0 Å². The van der Waals surface area contributed by atoms with Crippen molar-refractivity contribution in [2.75, 3.05) is 25.5 Å². The van der Waals surface area contributed by atoms with Crippen molar-refractivity contribution < 1.29 is 9.59 Å². The molecule has 3 rings (SSSR count). The lowest BCUT2D eigenvalue weighted by molar-refractivity contribution is -0.124. The number of allylic oxidation sites excluding steroid dienone is 1. The number of nitrogens with zero attached hydrogens (tertiary/aromatic N) is 3. The minimum atomic E-state index is -0.133. The molecule has 1 aliphatic rings. The van der Waals surface area contributed by atoms with Crippen LogP contribution in [-0.4, -0.2) is 46.9 Å². The molecule has 2 heterocycles. The maximum Gasteiger partial charge on any atom is 0.323 e. The molecule has 0 spiro atoms. The summed E-state index contributed by atoms with van der Waals surface area (Å²) in [5.74, 6) is 0.511. The van der Waals surface area contributed by atoms with Crippen molar-refractivity contribution in [2.45, 2.75) is 39.1 Å². The molecule has 0 saturated heterocycles. The first kappa shape index (κ1) is 23.6. The average Bonchev–Trinajstić information content (AvgIpc) is 2.77. The fraction of sp³-hybridized carbons (Fsp3) is 0.320. The highest BCUT2D eigenvalue weighted by atomic mass is 32.2. The zero-order valence-corrected chi connectivity index (χ0v) is 20.1. The van der Waals surface area contributed by atoms with E-state index in [9.17, 15) is 9.59 Å². The van der Waals surface area contributed by atoms with Gasteiger partial charge in [0.1, 0.15) is 5.82 Å². The van der Waals surface area contributed by atoms with E-state index in [1.165, 1.54) is 16.0 Å². The van der Waals surface area contributed by atoms with Crippen molar-refractivity contribution in [3.05, 3.63) is 69.8 Å². The SMILES string of the molecule is CCN1Cc2cc(/C=C/C(=O)N(C)CC(Sc3ccccc3C)=C(C)C)cnc2NC1=O. The summed E-state index contributed by atoms with van der Waals surface area (Å²) in [4.78, 5) is 34.8. The Labute approximate surface area is 194 Å². The normalized spacial score (nSPS) is 13.0. The number of aromatic nitrogens is 1. The van der Waals surface area contributed by atoms with E-state index in [1.54, 1.807) is 39.9 Å². The van der Waals surface area contributed by atoms with Gasteiger partial charge in [0.25, 0.3) is 0 Å². The Kier molecular flexibility index (Phi) is 7.75. The molecular formula is C25H30N4O2S. The number of rotatable bonds is 7. The summed E-state index contributed by atoms with van der Waals surface area (Å²) >= 11 is 1.71. The summed E-state index contributed by atoms with van der Waals surface area (Å²) in [6.07, 6.45) is 5.01. The lowest BCUT2D eigenvalue weighted by Crippen LogP contribution is -2.38. The number of pyridine rings is 1. The quantitative estimate of drug-likeness (QED) is 0.458. The van der Waals surface area contributed by atoms with E-state index in [-0.39, 0.29) is 11.9 Å². The predicted octanol–water partition coefficient (Wildman–Crippen LogP) is 5.32. The van der Waals surface area contributed by atoms with E-state index in [2.05, 4.69) is 43.2 Å². The van der Waals surface area contributed by atoms with Gasteiger partial charge in [-0.25, -0.2) is 9.78 Å². The van der Waals surface area contributed by atoms with Crippen LogP contribution in [0.2, 0.25) is 0 Å². The summed E-state index contributed by atoms with van der Waals surface area (Å²) in [5.41, 5.74) is 4.19. The molecule has 168 valence electrons. The zero-order chi connectivity index (χ0) is 23.3. The Hall–Kier alpha value is -3.06. The highest BCUT2D eigenvalue weighted by molar-refractivity contribution is 8.03. The number of fused-ring (bicyclic) bond motifs is 1. The molecule has 3 amide bonds. The molecule has 0 fully saturated rings. The van der Waals surface area contributed by atoms with E-state index >= 15 is 0 Å². The molecular weight excluding hydrogens is 420 g/mol. The number of aryl methyl sites for hydroxylation is 1. The van der Waals surface area contributed by atoms with Crippen molar-refractivity contribution in [1.82, 2.24) is 14.8 Å². The third kappa shape index (κ3) is 5.79. The van der Waals surface area contributed by atoms with Crippen LogP contribution in [0.5, 0.6) is 0 Å². The zero-order valence-electron chi connectivity index (χ0n) is 19.3. The number of likely N-dealkylation sites (N-methyl/N-ethyl adjacent to an activating group) is 1. The second kappa shape index (κ2) is 10.5. The van der Waals surface area contributed by atoms with Gasteiger partial charge < -0.3 is 9.80 Å². The molecule has 6 nitrogen and oxygen atoms in total. The molecule has 1 aliphatic heterocycles. The highest BCUT2D eigenvalue weighted by Gasteiger charge is 2.22. The van der Waals surface area contributed by atoms with E-state index in [4.69, 9.17) is 0 Å². The Morgan fingerprint density at radius 3 is 2.75 bits per heavy atom. The third-order valence-corrected chi connectivity index (χ3v) is 6.76. The van der Waals surface area contributed by atoms with Crippen LogP contribution in [0.25, 0.3) is 6.08 Å². The molecule has 1 aromatic carbocycles. The fourth-order valence-corrected chi connectivity index (χ4v) is 4.35. The number of carbonyl (C=O) groups is 2. The molecule has 0 radical (unpaired) electrons. The molecule has 7 heteroatoms. The van der Waals surface area contributed by atoms with Gasteiger partial charge in [-0.2, -0.15) is 0 Å². The number of thioether (sulfide) groups is 1. The van der Waals surface area contributed by atoms with Crippen LogP contribution in [0, 0.1) is 6.92 Å². The predicted molar refractivity (Wildman–Crippen MR) is 131 cm³/mol. The van der Waals surface area contributed by atoms with Crippen LogP contribution in [0.1, 0.15) is 37.5 Å². The lowest BCUT2D eigenvalue weighted by atomic mass is 10.1. The van der Waals surface area contributed by atoms with Gasteiger partial charge >= 0.3 is 6.03 Å². The van der Waals surface area contributed by atoms with Gasteiger partial charge in [-0.1, -0.05) is 35.5 Å². The topological polar surface area (TPSA) is 65.5 Å². The number of benzene rings is 1.